The fraction of sp³-hybridized carbons (Fsp3) is 0.273. The molecule has 0 bridgehead atoms. The van der Waals surface area contributed by atoms with E-state index in [4.69, 9.17) is 0 Å². The number of hydrogen-bond donors (Lipinski definition) is 0. The summed E-state index contributed by atoms with van der Waals surface area (Å²) in [5.74, 6) is 0.424. The van der Waals surface area contributed by atoms with E-state index in [2.05, 4.69) is 10.1 Å². The molecule has 2 heterocycles. The molecular weight excluding hydrogens is 377 g/mol. The van der Waals surface area contributed by atoms with Gasteiger partial charge in [-0.3, -0.25) is 4.57 Å². The number of aryl methyl sites for hydroxylation is 1. The number of alkyl halides is 2. The predicted molar refractivity (Wildman–Crippen MR) is 104 cm³/mol. The Labute approximate surface area is 165 Å². The quantitative estimate of drug-likeness (QED) is 0.460. The SMILES string of the molecule is Cc1nc2ccc(F)cc2n1-c1ccc(-n2nc(C(F)F)c3c2CCCC3)cc1. The molecule has 4 aromatic rings. The topological polar surface area (TPSA) is 35.6 Å². The van der Waals surface area contributed by atoms with Crippen LogP contribution in [-0.2, 0) is 12.8 Å². The number of nitrogens with zero attached hydrogens (tertiary/aromatic N) is 4. The minimum absolute atomic E-state index is 0.101. The molecule has 0 saturated carbocycles. The van der Waals surface area contributed by atoms with Crippen LogP contribution in [0.5, 0.6) is 0 Å². The molecular formula is C22H19F3N4. The van der Waals surface area contributed by atoms with Crippen LogP contribution in [0.3, 0.4) is 0 Å². The molecule has 0 radical (unpaired) electrons. The molecule has 1 aliphatic carbocycles. The molecule has 0 N–H and O–H groups in total. The normalized spacial score (nSPS) is 14.0. The van der Waals surface area contributed by atoms with Gasteiger partial charge < -0.3 is 0 Å². The Morgan fingerprint density at radius 2 is 1.69 bits per heavy atom. The Kier molecular flexibility index (Phi) is 4.19. The lowest BCUT2D eigenvalue weighted by Gasteiger charge is -2.15. The molecule has 148 valence electrons. The molecule has 0 fully saturated rings. The summed E-state index contributed by atoms with van der Waals surface area (Å²) in [6.07, 6.45) is 0.726. The zero-order chi connectivity index (χ0) is 20.1. The molecule has 5 rings (SSSR count). The lowest BCUT2D eigenvalue weighted by atomic mass is 9.95. The molecule has 1 aliphatic rings. The number of fused-ring (bicyclic) bond motifs is 2. The second-order valence-electron chi connectivity index (χ2n) is 7.37. The van der Waals surface area contributed by atoms with Gasteiger partial charge in [-0.05, 0) is 69.0 Å². The highest BCUT2D eigenvalue weighted by atomic mass is 19.3. The van der Waals surface area contributed by atoms with E-state index in [1.54, 1.807) is 10.7 Å². The van der Waals surface area contributed by atoms with Gasteiger partial charge in [0, 0.05) is 23.0 Å². The highest BCUT2D eigenvalue weighted by Crippen LogP contribution is 2.32. The van der Waals surface area contributed by atoms with Gasteiger partial charge in [0.25, 0.3) is 6.43 Å². The van der Waals surface area contributed by atoms with E-state index in [0.29, 0.717) is 17.5 Å². The lowest BCUT2D eigenvalue weighted by Crippen LogP contribution is -2.08. The van der Waals surface area contributed by atoms with Crippen molar-refractivity contribution in [3.63, 3.8) is 0 Å². The first-order valence-corrected chi connectivity index (χ1v) is 9.67. The van der Waals surface area contributed by atoms with Gasteiger partial charge in [-0.15, -0.1) is 0 Å². The minimum Gasteiger partial charge on any atom is -0.296 e. The highest BCUT2D eigenvalue weighted by molar-refractivity contribution is 5.78. The molecule has 4 nitrogen and oxygen atoms in total. The summed E-state index contributed by atoms with van der Waals surface area (Å²) in [6.45, 7) is 1.87. The average Bonchev–Trinajstić information content (AvgIpc) is 3.25. The van der Waals surface area contributed by atoms with Gasteiger partial charge in [0.15, 0.2) is 0 Å². The number of rotatable bonds is 3. The van der Waals surface area contributed by atoms with Crippen LogP contribution < -0.4 is 0 Å². The predicted octanol–water partition coefficient (Wildman–Crippen LogP) is 5.48. The first-order valence-electron chi connectivity index (χ1n) is 9.67. The summed E-state index contributed by atoms with van der Waals surface area (Å²) in [4.78, 5) is 4.49. The van der Waals surface area contributed by atoms with Crippen molar-refractivity contribution in [1.29, 1.82) is 0 Å². The summed E-state index contributed by atoms with van der Waals surface area (Å²) in [7, 11) is 0. The third kappa shape index (κ3) is 2.92. The van der Waals surface area contributed by atoms with Gasteiger partial charge in [-0.25, -0.2) is 22.8 Å². The molecule has 0 aliphatic heterocycles. The molecule has 2 aromatic carbocycles. The number of benzene rings is 2. The van der Waals surface area contributed by atoms with Crippen LogP contribution in [0.25, 0.3) is 22.4 Å². The third-order valence-corrected chi connectivity index (χ3v) is 5.55. The van der Waals surface area contributed by atoms with Crippen molar-refractivity contribution in [3.8, 4) is 11.4 Å². The summed E-state index contributed by atoms with van der Waals surface area (Å²) in [5, 5.41) is 4.23. The Bertz CT molecular complexity index is 1210. The lowest BCUT2D eigenvalue weighted by molar-refractivity contribution is 0.144. The van der Waals surface area contributed by atoms with E-state index in [1.807, 2.05) is 35.8 Å². The van der Waals surface area contributed by atoms with E-state index in [9.17, 15) is 13.2 Å². The maximum Gasteiger partial charge on any atom is 0.282 e. The van der Waals surface area contributed by atoms with E-state index in [1.165, 1.54) is 12.1 Å². The smallest absolute Gasteiger partial charge is 0.282 e. The standard InChI is InChI=1S/C22H19F3N4/c1-13-26-18-11-6-14(23)12-20(18)28(13)15-7-9-16(10-8-15)29-19-5-3-2-4-17(19)21(27-29)22(24)25/h6-12,22H,2-5H2,1H3. The van der Waals surface area contributed by atoms with Crippen LogP contribution in [0.1, 0.15) is 42.0 Å². The van der Waals surface area contributed by atoms with E-state index >= 15 is 0 Å². The fourth-order valence-electron chi connectivity index (χ4n) is 4.25. The van der Waals surface area contributed by atoms with Crippen LogP contribution in [0, 0.1) is 12.7 Å². The van der Waals surface area contributed by atoms with Crippen molar-refractivity contribution in [2.75, 3.05) is 0 Å². The molecule has 0 saturated heterocycles. The van der Waals surface area contributed by atoms with Gasteiger partial charge >= 0.3 is 0 Å². The number of aromatic nitrogens is 4. The van der Waals surface area contributed by atoms with Crippen molar-refractivity contribution in [1.82, 2.24) is 19.3 Å². The van der Waals surface area contributed by atoms with Crippen LogP contribution in [0.4, 0.5) is 13.2 Å². The molecule has 29 heavy (non-hydrogen) atoms. The Morgan fingerprint density at radius 1 is 0.966 bits per heavy atom. The monoisotopic (exact) mass is 396 g/mol. The van der Waals surface area contributed by atoms with Crippen molar-refractivity contribution in [3.05, 3.63) is 71.1 Å². The average molecular weight is 396 g/mol. The van der Waals surface area contributed by atoms with Crippen molar-refractivity contribution in [2.45, 2.75) is 39.0 Å². The zero-order valence-electron chi connectivity index (χ0n) is 15.9. The molecule has 0 amide bonds. The van der Waals surface area contributed by atoms with E-state index < -0.39 is 6.43 Å². The fourth-order valence-corrected chi connectivity index (χ4v) is 4.25. The Hall–Kier alpha value is -3.09. The van der Waals surface area contributed by atoms with Gasteiger partial charge in [0.1, 0.15) is 17.3 Å². The first kappa shape index (κ1) is 18.0. The first-order chi connectivity index (χ1) is 14.0. The van der Waals surface area contributed by atoms with E-state index in [0.717, 1.165) is 47.7 Å². The molecule has 0 unspecified atom stereocenters. The molecule has 0 atom stereocenters. The van der Waals surface area contributed by atoms with Gasteiger partial charge in [0.05, 0.1) is 16.7 Å². The number of imidazole rings is 1. The van der Waals surface area contributed by atoms with Gasteiger partial charge in [0.2, 0.25) is 0 Å². The zero-order valence-corrected chi connectivity index (χ0v) is 15.9. The third-order valence-electron chi connectivity index (χ3n) is 5.55. The maximum atomic E-state index is 13.7. The minimum atomic E-state index is -2.57. The van der Waals surface area contributed by atoms with Crippen LogP contribution >= 0.6 is 0 Å². The van der Waals surface area contributed by atoms with Crippen molar-refractivity contribution in [2.24, 2.45) is 0 Å². The molecule has 2 aromatic heterocycles. The number of halogens is 3. The summed E-state index contributed by atoms with van der Waals surface area (Å²) < 4.78 is 44.2. The summed E-state index contributed by atoms with van der Waals surface area (Å²) >= 11 is 0. The van der Waals surface area contributed by atoms with Crippen molar-refractivity contribution < 1.29 is 13.2 Å². The highest BCUT2D eigenvalue weighted by Gasteiger charge is 2.26. The Balaban J connectivity index is 1.59. The summed E-state index contributed by atoms with van der Waals surface area (Å²) in [5.41, 5.74) is 4.45. The number of hydrogen-bond acceptors (Lipinski definition) is 2. The van der Waals surface area contributed by atoms with Gasteiger partial charge in [-0.1, -0.05) is 0 Å². The van der Waals surface area contributed by atoms with Crippen molar-refractivity contribution >= 4 is 11.0 Å². The second kappa shape index (κ2) is 6.76. The van der Waals surface area contributed by atoms with Crippen LogP contribution in [0.2, 0.25) is 0 Å². The maximum absolute atomic E-state index is 13.7. The molecule has 0 spiro atoms. The van der Waals surface area contributed by atoms with E-state index in [-0.39, 0.29) is 11.5 Å². The van der Waals surface area contributed by atoms with Gasteiger partial charge in [-0.2, -0.15) is 5.10 Å². The molecule has 7 heteroatoms. The van der Waals surface area contributed by atoms with Crippen LogP contribution in [0.15, 0.2) is 42.5 Å². The largest absolute Gasteiger partial charge is 0.296 e. The van der Waals surface area contributed by atoms with Crippen LogP contribution in [-0.4, -0.2) is 19.3 Å². The summed E-state index contributed by atoms with van der Waals surface area (Å²) in [6, 6.07) is 12.0. The Morgan fingerprint density at radius 3 is 2.45 bits per heavy atom. The second-order valence-corrected chi connectivity index (χ2v) is 7.37.